The predicted molar refractivity (Wildman–Crippen MR) is 196 cm³/mol. The average Bonchev–Trinajstić information content (AvgIpc) is 3.06. The van der Waals surface area contributed by atoms with Crippen molar-refractivity contribution < 1.29 is 24.2 Å². The summed E-state index contributed by atoms with van der Waals surface area (Å²) in [6.45, 7) is 3.90. The first-order chi connectivity index (χ1) is 22.6. The molecule has 0 saturated carbocycles. The lowest BCUT2D eigenvalue weighted by atomic mass is 10.1. The Bertz CT molecular complexity index is 823. The summed E-state index contributed by atoms with van der Waals surface area (Å²) >= 11 is 0. The van der Waals surface area contributed by atoms with Crippen LogP contribution in [0, 0.1) is 0 Å². The number of aliphatic hydroxyl groups is 1. The Morgan fingerprint density at radius 3 is 1.33 bits per heavy atom. The molecule has 0 radical (unpaired) electrons. The summed E-state index contributed by atoms with van der Waals surface area (Å²) in [6.07, 6.45) is 48.2. The molecule has 1 atom stereocenters. The number of unbranched alkanes of at least 4 members (excludes halogenated alkanes) is 22. The normalized spacial score (nSPS) is 12.8. The van der Waals surface area contributed by atoms with Gasteiger partial charge in [0.05, 0.1) is 6.61 Å². The second-order valence-corrected chi connectivity index (χ2v) is 12.5. The SMILES string of the molecule is CCCCCCCCCCCCCC=CC=CC=CC(=O)OCC(CO)OC(=O)C=CC=CCCCCCCCCCCCCC. The Labute approximate surface area is 283 Å². The highest BCUT2D eigenvalue weighted by Gasteiger charge is 2.13. The van der Waals surface area contributed by atoms with Crippen molar-refractivity contribution in [1.29, 1.82) is 0 Å². The average molecular weight is 643 g/mol. The third-order valence-electron chi connectivity index (χ3n) is 8.03. The number of carbonyl (C=O) groups excluding carboxylic acids is 2. The smallest absolute Gasteiger partial charge is 0.331 e. The summed E-state index contributed by atoms with van der Waals surface area (Å²) in [5.74, 6) is -1.13. The molecule has 0 aliphatic heterocycles. The third kappa shape index (κ3) is 34.5. The molecule has 1 N–H and O–H groups in total. The first-order valence-electron chi connectivity index (χ1n) is 18.9. The minimum atomic E-state index is -0.899. The minimum Gasteiger partial charge on any atom is -0.458 e. The molecular weight excluding hydrogens is 572 g/mol. The van der Waals surface area contributed by atoms with Crippen molar-refractivity contribution in [3.8, 4) is 0 Å². The number of ether oxygens (including phenoxy) is 2. The highest BCUT2D eigenvalue weighted by atomic mass is 16.6. The van der Waals surface area contributed by atoms with Crippen LogP contribution in [0.3, 0.4) is 0 Å². The number of esters is 2. The minimum absolute atomic E-state index is 0.198. The number of rotatable bonds is 33. The van der Waals surface area contributed by atoms with Crippen molar-refractivity contribution in [2.45, 2.75) is 174 Å². The van der Waals surface area contributed by atoms with Gasteiger partial charge in [-0.25, -0.2) is 9.59 Å². The van der Waals surface area contributed by atoms with Gasteiger partial charge in [-0.1, -0.05) is 191 Å². The van der Waals surface area contributed by atoms with Crippen LogP contribution in [-0.2, 0) is 19.1 Å². The highest BCUT2D eigenvalue weighted by Crippen LogP contribution is 2.13. The van der Waals surface area contributed by atoms with Gasteiger partial charge in [-0.2, -0.15) is 0 Å². The monoisotopic (exact) mass is 643 g/mol. The summed E-state index contributed by atoms with van der Waals surface area (Å²) in [4.78, 5) is 23.9. The van der Waals surface area contributed by atoms with Gasteiger partial charge in [0.15, 0.2) is 6.10 Å². The van der Waals surface area contributed by atoms with Crippen LogP contribution in [0.4, 0.5) is 0 Å². The molecule has 0 rings (SSSR count). The first kappa shape index (κ1) is 43.6. The molecular formula is C41H70O5. The molecule has 0 spiro atoms. The molecule has 0 heterocycles. The number of carbonyl (C=O) groups is 2. The molecule has 0 amide bonds. The van der Waals surface area contributed by atoms with Crippen LogP contribution in [0.2, 0.25) is 0 Å². The quantitative estimate of drug-likeness (QED) is 0.0334. The van der Waals surface area contributed by atoms with Crippen molar-refractivity contribution in [2.24, 2.45) is 0 Å². The molecule has 0 aromatic rings. The standard InChI is InChI=1S/C41H70O5/c1-3-5-7-9-11-13-15-17-19-20-22-23-25-27-29-31-33-35-40(43)45-38-39(37-42)46-41(44)36-34-32-30-28-26-24-21-18-16-14-12-10-8-6-4-2/h25,27,29-36,39,42H,3-24,26,28,37-38H2,1-2H3. The molecule has 5 nitrogen and oxygen atoms in total. The summed E-state index contributed by atoms with van der Waals surface area (Å²) < 4.78 is 10.3. The van der Waals surface area contributed by atoms with Gasteiger partial charge in [0.25, 0.3) is 0 Å². The third-order valence-corrected chi connectivity index (χ3v) is 8.03. The van der Waals surface area contributed by atoms with Gasteiger partial charge in [0.2, 0.25) is 0 Å². The molecule has 0 aromatic heterocycles. The fourth-order valence-electron chi connectivity index (χ4n) is 5.15. The van der Waals surface area contributed by atoms with Crippen LogP contribution in [0.15, 0.2) is 60.8 Å². The van der Waals surface area contributed by atoms with E-state index in [0.717, 1.165) is 19.3 Å². The Balaban J connectivity index is 3.81. The maximum Gasteiger partial charge on any atom is 0.331 e. The van der Waals surface area contributed by atoms with E-state index in [-0.39, 0.29) is 6.61 Å². The van der Waals surface area contributed by atoms with Crippen molar-refractivity contribution in [3.63, 3.8) is 0 Å². The van der Waals surface area contributed by atoms with Crippen LogP contribution in [0.1, 0.15) is 168 Å². The molecule has 0 bridgehead atoms. The molecule has 0 aliphatic rings. The van der Waals surface area contributed by atoms with Crippen LogP contribution in [0.25, 0.3) is 0 Å². The highest BCUT2D eigenvalue weighted by molar-refractivity contribution is 5.83. The van der Waals surface area contributed by atoms with E-state index in [0.29, 0.717) is 0 Å². The summed E-state index contributed by atoms with van der Waals surface area (Å²) in [7, 11) is 0. The van der Waals surface area contributed by atoms with E-state index in [1.165, 1.54) is 147 Å². The predicted octanol–water partition coefficient (Wildman–Crippen LogP) is 11.6. The fourth-order valence-corrected chi connectivity index (χ4v) is 5.15. The van der Waals surface area contributed by atoms with E-state index in [9.17, 15) is 14.7 Å². The van der Waals surface area contributed by atoms with Crippen molar-refractivity contribution in [1.82, 2.24) is 0 Å². The second kappa shape index (κ2) is 37.1. The lowest BCUT2D eigenvalue weighted by molar-refractivity contribution is -0.154. The van der Waals surface area contributed by atoms with Gasteiger partial charge in [-0.05, 0) is 25.7 Å². The van der Waals surface area contributed by atoms with Crippen LogP contribution in [-0.4, -0.2) is 36.4 Å². The van der Waals surface area contributed by atoms with E-state index in [2.05, 4.69) is 26.0 Å². The molecule has 0 aromatic carbocycles. The summed E-state index contributed by atoms with van der Waals surface area (Å²) in [5.41, 5.74) is 0. The van der Waals surface area contributed by atoms with Gasteiger partial charge < -0.3 is 14.6 Å². The zero-order valence-corrected chi connectivity index (χ0v) is 29.8. The van der Waals surface area contributed by atoms with E-state index in [1.54, 1.807) is 18.2 Å². The van der Waals surface area contributed by atoms with Gasteiger partial charge in [-0.15, -0.1) is 0 Å². The number of hydrogen-bond donors (Lipinski definition) is 1. The largest absolute Gasteiger partial charge is 0.458 e. The topological polar surface area (TPSA) is 72.8 Å². The fraction of sp³-hybridized carbons (Fsp3) is 0.707. The lowest BCUT2D eigenvalue weighted by Crippen LogP contribution is -2.27. The Morgan fingerprint density at radius 1 is 0.500 bits per heavy atom. The maximum absolute atomic E-state index is 12.0. The molecule has 5 heteroatoms. The first-order valence-corrected chi connectivity index (χ1v) is 18.9. The maximum atomic E-state index is 12.0. The molecule has 264 valence electrons. The van der Waals surface area contributed by atoms with E-state index in [1.807, 2.05) is 18.2 Å². The summed E-state index contributed by atoms with van der Waals surface area (Å²) in [6, 6.07) is 0. The zero-order chi connectivity index (χ0) is 33.6. The molecule has 0 fully saturated rings. The van der Waals surface area contributed by atoms with Crippen LogP contribution >= 0.6 is 0 Å². The molecule has 46 heavy (non-hydrogen) atoms. The van der Waals surface area contributed by atoms with Gasteiger partial charge >= 0.3 is 11.9 Å². The lowest BCUT2D eigenvalue weighted by Gasteiger charge is -2.13. The molecule has 1 unspecified atom stereocenters. The number of allylic oxidation sites excluding steroid dienone is 8. The van der Waals surface area contributed by atoms with E-state index >= 15 is 0 Å². The second-order valence-electron chi connectivity index (χ2n) is 12.5. The van der Waals surface area contributed by atoms with Crippen LogP contribution < -0.4 is 0 Å². The zero-order valence-electron chi connectivity index (χ0n) is 29.8. The Hall–Kier alpha value is -2.40. The van der Waals surface area contributed by atoms with Crippen LogP contribution in [0.5, 0.6) is 0 Å². The van der Waals surface area contributed by atoms with Gasteiger partial charge in [0, 0.05) is 12.2 Å². The van der Waals surface area contributed by atoms with Crippen molar-refractivity contribution in [3.05, 3.63) is 60.8 Å². The Morgan fingerprint density at radius 2 is 0.870 bits per heavy atom. The van der Waals surface area contributed by atoms with E-state index in [4.69, 9.17) is 9.47 Å². The van der Waals surface area contributed by atoms with E-state index < -0.39 is 24.6 Å². The molecule has 0 aliphatic carbocycles. The van der Waals surface area contributed by atoms with Gasteiger partial charge in [0.1, 0.15) is 6.61 Å². The van der Waals surface area contributed by atoms with Gasteiger partial charge in [-0.3, -0.25) is 0 Å². The number of aliphatic hydroxyl groups excluding tert-OH is 1. The molecule has 0 saturated heterocycles. The number of hydrogen-bond acceptors (Lipinski definition) is 5. The summed E-state index contributed by atoms with van der Waals surface area (Å²) in [5, 5.41) is 9.48. The van der Waals surface area contributed by atoms with Crippen molar-refractivity contribution in [2.75, 3.05) is 13.2 Å². The van der Waals surface area contributed by atoms with Crippen molar-refractivity contribution >= 4 is 11.9 Å². The Kier molecular flexibility index (Phi) is 35.1.